The molecule has 3 rings (SSSR count). The molecule has 0 unspecified atom stereocenters. The van der Waals surface area contributed by atoms with Gasteiger partial charge in [0.1, 0.15) is 5.82 Å². The van der Waals surface area contributed by atoms with Crippen molar-refractivity contribution >= 4 is 16.8 Å². The molecule has 3 aromatic rings. The Hall–Kier alpha value is -3.02. The van der Waals surface area contributed by atoms with E-state index in [1.807, 2.05) is 13.0 Å². The number of carbonyl (C=O) groups is 1. The third kappa shape index (κ3) is 3.57. The van der Waals surface area contributed by atoms with E-state index in [9.17, 15) is 14.0 Å². The quantitative estimate of drug-likeness (QED) is 0.777. The first-order valence-electron chi connectivity index (χ1n) is 8.12. The monoisotopic (exact) mass is 339 g/mol. The summed E-state index contributed by atoms with van der Waals surface area (Å²) in [5.74, 6) is -0.833. The Labute approximate surface area is 144 Å². The minimum atomic E-state index is -0.519. The van der Waals surface area contributed by atoms with Crippen LogP contribution < -0.4 is 10.7 Å². The number of halogens is 1. The molecule has 0 bridgehead atoms. The maximum absolute atomic E-state index is 13.2. The predicted octanol–water partition coefficient (Wildman–Crippen LogP) is 2.53. The zero-order chi connectivity index (χ0) is 17.8. The van der Waals surface area contributed by atoms with Crippen LogP contribution in [0.25, 0.3) is 10.9 Å². The summed E-state index contributed by atoms with van der Waals surface area (Å²) in [5.41, 5.74) is 0.965. The molecule has 0 radical (unpaired) electrons. The van der Waals surface area contributed by atoms with E-state index >= 15 is 0 Å². The third-order valence-corrected chi connectivity index (χ3v) is 3.97. The lowest BCUT2D eigenvalue weighted by atomic mass is 10.1. The first-order valence-corrected chi connectivity index (χ1v) is 8.12. The Balaban J connectivity index is 1.80. The van der Waals surface area contributed by atoms with Gasteiger partial charge in [0.25, 0.3) is 5.91 Å². The summed E-state index contributed by atoms with van der Waals surface area (Å²) in [6.07, 6.45) is 0.471. The zero-order valence-electron chi connectivity index (χ0n) is 13.8. The van der Waals surface area contributed by atoms with Crippen LogP contribution in [0.1, 0.15) is 23.0 Å². The van der Waals surface area contributed by atoms with Gasteiger partial charge in [-0.3, -0.25) is 14.3 Å². The van der Waals surface area contributed by atoms with Gasteiger partial charge in [0.05, 0.1) is 5.52 Å². The highest BCUT2D eigenvalue weighted by Crippen LogP contribution is 2.09. The molecule has 0 fully saturated rings. The summed E-state index contributed by atoms with van der Waals surface area (Å²) < 4.78 is 14.8. The largest absolute Gasteiger partial charge is 0.350 e. The number of nitrogens with one attached hydrogen (secondary N) is 1. The highest BCUT2D eigenvalue weighted by molar-refractivity contribution is 5.95. The summed E-state index contributed by atoms with van der Waals surface area (Å²) in [7, 11) is 0. The second kappa shape index (κ2) is 7.25. The zero-order valence-corrected chi connectivity index (χ0v) is 13.8. The summed E-state index contributed by atoms with van der Waals surface area (Å²) in [6, 6.07) is 13.3. The topological polar surface area (TPSA) is 64.0 Å². The Morgan fingerprint density at radius 3 is 2.76 bits per heavy atom. The van der Waals surface area contributed by atoms with Gasteiger partial charge in [0.15, 0.2) is 5.69 Å². The van der Waals surface area contributed by atoms with E-state index in [0.29, 0.717) is 30.4 Å². The molecule has 2 aromatic carbocycles. The Bertz CT molecular complexity index is 982. The van der Waals surface area contributed by atoms with Gasteiger partial charge >= 0.3 is 0 Å². The fourth-order valence-electron chi connectivity index (χ4n) is 2.72. The number of para-hydroxylation sites is 1. The molecule has 128 valence electrons. The number of benzene rings is 2. The third-order valence-electron chi connectivity index (χ3n) is 3.97. The Morgan fingerprint density at radius 1 is 1.20 bits per heavy atom. The van der Waals surface area contributed by atoms with Gasteiger partial charge in [-0.05, 0) is 43.2 Å². The smallest absolute Gasteiger partial charge is 0.275 e. The van der Waals surface area contributed by atoms with Crippen LogP contribution in [0.2, 0.25) is 0 Å². The molecular weight excluding hydrogens is 321 g/mol. The Morgan fingerprint density at radius 2 is 2.00 bits per heavy atom. The molecule has 1 N–H and O–H groups in total. The van der Waals surface area contributed by atoms with Crippen molar-refractivity contribution in [1.29, 1.82) is 0 Å². The number of amides is 1. The Kier molecular flexibility index (Phi) is 4.88. The summed E-state index contributed by atoms with van der Waals surface area (Å²) in [5, 5.41) is 7.34. The molecule has 1 aromatic heterocycles. The van der Waals surface area contributed by atoms with Crippen LogP contribution in [0.5, 0.6) is 0 Å². The summed E-state index contributed by atoms with van der Waals surface area (Å²) >= 11 is 0. The number of aromatic nitrogens is 2. The molecule has 0 aliphatic rings. The van der Waals surface area contributed by atoms with Crippen LogP contribution in [-0.4, -0.2) is 22.2 Å². The molecule has 0 aliphatic heterocycles. The molecule has 0 spiro atoms. The standard InChI is InChI=1S/C19H18FN3O2/c1-2-23-16-9-4-3-8-15(16)18(24)17(22-23)19(25)21-11-10-13-6-5-7-14(20)12-13/h3-9,12H,2,10-11H2,1H3,(H,21,25). The average molecular weight is 339 g/mol. The van der Waals surface area contributed by atoms with Crippen LogP contribution in [0.3, 0.4) is 0 Å². The number of aryl methyl sites for hydroxylation is 1. The van der Waals surface area contributed by atoms with Crippen molar-refractivity contribution in [3.63, 3.8) is 0 Å². The van der Waals surface area contributed by atoms with E-state index in [1.54, 1.807) is 35.0 Å². The molecule has 0 aliphatic carbocycles. The van der Waals surface area contributed by atoms with Gasteiger partial charge in [-0.15, -0.1) is 0 Å². The SMILES string of the molecule is CCn1nc(C(=O)NCCc2cccc(F)c2)c(=O)c2ccccc21. The van der Waals surface area contributed by atoms with Gasteiger partial charge in [0.2, 0.25) is 5.43 Å². The predicted molar refractivity (Wildman–Crippen MR) is 94.1 cm³/mol. The van der Waals surface area contributed by atoms with Crippen molar-refractivity contribution in [2.45, 2.75) is 19.9 Å². The number of rotatable bonds is 5. The van der Waals surface area contributed by atoms with Crippen molar-refractivity contribution < 1.29 is 9.18 Å². The average Bonchev–Trinajstić information content (AvgIpc) is 2.62. The van der Waals surface area contributed by atoms with Crippen LogP contribution in [-0.2, 0) is 13.0 Å². The van der Waals surface area contributed by atoms with Gasteiger partial charge in [-0.1, -0.05) is 24.3 Å². The van der Waals surface area contributed by atoms with Crippen molar-refractivity contribution in [2.75, 3.05) is 6.54 Å². The molecule has 0 saturated heterocycles. The van der Waals surface area contributed by atoms with E-state index in [2.05, 4.69) is 10.4 Å². The van der Waals surface area contributed by atoms with Gasteiger partial charge in [0, 0.05) is 18.5 Å². The van der Waals surface area contributed by atoms with E-state index in [-0.39, 0.29) is 16.9 Å². The summed E-state index contributed by atoms with van der Waals surface area (Å²) in [4.78, 5) is 24.9. The first-order chi connectivity index (χ1) is 12.1. The highest BCUT2D eigenvalue weighted by atomic mass is 19.1. The normalized spacial score (nSPS) is 10.8. The molecule has 0 saturated carbocycles. The number of fused-ring (bicyclic) bond motifs is 1. The number of carbonyl (C=O) groups excluding carboxylic acids is 1. The molecule has 1 amide bonds. The maximum Gasteiger partial charge on any atom is 0.275 e. The fourth-order valence-corrected chi connectivity index (χ4v) is 2.72. The molecule has 25 heavy (non-hydrogen) atoms. The second-order valence-corrected chi connectivity index (χ2v) is 5.65. The number of hydrogen-bond acceptors (Lipinski definition) is 3. The van der Waals surface area contributed by atoms with Crippen molar-refractivity contribution in [3.05, 3.63) is 75.8 Å². The molecular formula is C19H18FN3O2. The second-order valence-electron chi connectivity index (χ2n) is 5.65. The van der Waals surface area contributed by atoms with Gasteiger partial charge < -0.3 is 5.32 Å². The van der Waals surface area contributed by atoms with Gasteiger partial charge in [-0.2, -0.15) is 5.10 Å². The van der Waals surface area contributed by atoms with Crippen LogP contribution in [0, 0.1) is 5.82 Å². The van der Waals surface area contributed by atoms with E-state index < -0.39 is 5.91 Å². The van der Waals surface area contributed by atoms with E-state index in [1.165, 1.54) is 12.1 Å². The van der Waals surface area contributed by atoms with Gasteiger partial charge in [-0.25, -0.2) is 4.39 Å². The minimum Gasteiger partial charge on any atom is -0.350 e. The summed E-state index contributed by atoms with van der Waals surface area (Å²) in [6.45, 7) is 2.74. The van der Waals surface area contributed by atoms with E-state index in [0.717, 1.165) is 5.56 Å². The lowest BCUT2D eigenvalue weighted by Gasteiger charge is -2.10. The van der Waals surface area contributed by atoms with Crippen molar-refractivity contribution in [2.24, 2.45) is 0 Å². The maximum atomic E-state index is 13.2. The minimum absolute atomic E-state index is 0.125. The lowest BCUT2D eigenvalue weighted by Crippen LogP contribution is -2.33. The number of nitrogens with zero attached hydrogens (tertiary/aromatic N) is 2. The lowest BCUT2D eigenvalue weighted by molar-refractivity contribution is 0.0946. The van der Waals surface area contributed by atoms with E-state index in [4.69, 9.17) is 0 Å². The molecule has 5 nitrogen and oxygen atoms in total. The number of hydrogen-bond donors (Lipinski definition) is 1. The molecule has 0 atom stereocenters. The van der Waals surface area contributed by atoms with Crippen LogP contribution in [0.4, 0.5) is 4.39 Å². The van der Waals surface area contributed by atoms with Crippen LogP contribution in [0.15, 0.2) is 53.3 Å². The van der Waals surface area contributed by atoms with Crippen LogP contribution >= 0.6 is 0 Å². The first kappa shape index (κ1) is 16.8. The highest BCUT2D eigenvalue weighted by Gasteiger charge is 2.16. The molecule has 6 heteroatoms. The van der Waals surface area contributed by atoms with Crippen molar-refractivity contribution in [3.8, 4) is 0 Å². The van der Waals surface area contributed by atoms with Crippen molar-refractivity contribution in [1.82, 2.24) is 15.1 Å². The fraction of sp³-hybridized carbons (Fsp3) is 0.211. The molecule has 1 heterocycles.